The van der Waals surface area contributed by atoms with E-state index >= 15 is 0 Å². The Morgan fingerprint density at radius 3 is 2.50 bits per heavy atom. The van der Waals surface area contributed by atoms with E-state index in [1.54, 1.807) is 0 Å². The molecule has 0 aliphatic carbocycles. The SMILES string of the molecule is CNc1nc(C)cc(NCC(C)C(C)C)n1. The lowest BCUT2D eigenvalue weighted by atomic mass is 9.98. The zero-order valence-electron chi connectivity index (χ0n) is 10.8. The molecule has 4 nitrogen and oxygen atoms in total. The van der Waals surface area contributed by atoms with E-state index in [0.29, 0.717) is 17.8 Å². The van der Waals surface area contributed by atoms with Gasteiger partial charge < -0.3 is 10.6 Å². The van der Waals surface area contributed by atoms with Crippen molar-refractivity contribution in [1.29, 1.82) is 0 Å². The van der Waals surface area contributed by atoms with Gasteiger partial charge in [-0.2, -0.15) is 4.98 Å². The van der Waals surface area contributed by atoms with Crippen molar-refractivity contribution in [1.82, 2.24) is 9.97 Å². The van der Waals surface area contributed by atoms with Gasteiger partial charge in [0.05, 0.1) is 0 Å². The Bertz CT molecular complexity index is 336. The molecule has 1 atom stereocenters. The van der Waals surface area contributed by atoms with Crippen molar-refractivity contribution in [3.63, 3.8) is 0 Å². The van der Waals surface area contributed by atoms with Gasteiger partial charge in [0, 0.05) is 25.4 Å². The van der Waals surface area contributed by atoms with Gasteiger partial charge in [0.25, 0.3) is 0 Å². The Hall–Kier alpha value is -1.32. The van der Waals surface area contributed by atoms with Gasteiger partial charge in [0.15, 0.2) is 0 Å². The molecular formula is C12H22N4. The van der Waals surface area contributed by atoms with E-state index in [4.69, 9.17) is 0 Å². The molecule has 1 rings (SSSR count). The molecule has 0 radical (unpaired) electrons. The minimum Gasteiger partial charge on any atom is -0.370 e. The van der Waals surface area contributed by atoms with Crippen LogP contribution in [0.2, 0.25) is 0 Å². The molecule has 0 saturated heterocycles. The fourth-order valence-electron chi connectivity index (χ4n) is 1.27. The first-order valence-electron chi connectivity index (χ1n) is 5.80. The number of hydrogen-bond donors (Lipinski definition) is 2. The van der Waals surface area contributed by atoms with Crippen LogP contribution in [0.1, 0.15) is 26.5 Å². The average molecular weight is 222 g/mol. The lowest BCUT2D eigenvalue weighted by molar-refractivity contribution is 0.439. The Kier molecular flexibility index (Phi) is 4.52. The topological polar surface area (TPSA) is 49.8 Å². The number of aromatic nitrogens is 2. The van der Waals surface area contributed by atoms with Crippen LogP contribution >= 0.6 is 0 Å². The zero-order chi connectivity index (χ0) is 12.1. The van der Waals surface area contributed by atoms with Crippen molar-refractivity contribution in [2.75, 3.05) is 24.2 Å². The van der Waals surface area contributed by atoms with E-state index in [1.807, 2.05) is 20.0 Å². The molecule has 1 aromatic heterocycles. The highest BCUT2D eigenvalue weighted by Gasteiger charge is 2.07. The predicted octanol–water partition coefficient (Wildman–Crippen LogP) is 2.53. The first-order chi connectivity index (χ1) is 7.52. The Labute approximate surface area is 97.9 Å². The van der Waals surface area contributed by atoms with Crippen LogP contribution in [0.25, 0.3) is 0 Å². The van der Waals surface area contributed by atoms with E-state index in [-0.39, 0.29) is 0 Å². The van der Waals surface area contributed by atoms with Crippen molar-refractivity contribution < 1.29 is 0 Å². The first-order valence-corrected chi connectivity index (χ1v) is 5.80. The standard InChI is InChI=1S/C12H22N4/c1-8(2)9(3)7-14-11-6-10(4)15-12(13-5)16-11/h6,8-9H,7H2,1-5H3,(H2,13,14,15,16). The molecule has 16 heavy (non-hydrogen) atoms. The quantitative estimate of drug-likeness (QED) is 0.803. The Balaban J connectivity index is 2.63. The van der Waals surface area contributed by atoms with Gasteiger partial charge in [0.1, 0.15) is 5.82 Å². The number of rotatable bonds is 5. The lowest BCUT2D eigenvalue weighted by Crippen LogP contribution is -2.17. The monoisotopic (exact) mass is 222 g/mol. The van der Waals surface area contributed by atoms with Gasteiger partial charge in [-0.25, -0.2) is 4.98 Å². The van der Waals surface area contributed by atoms with Crippen LogP contribution in [0.4, 0.5) is 11.8 Å². The summed E-state index contributed by atoms with van der Waals surface area (Å²) in [5.74, 6) is 2.87. The molecule has 0 aliphatic rings. The molecule has 0 spiro atoms. The summed E-state index contributed by atoms with van der Waals surface area (Å²) >= 11 is 0. The van der Waals surface area contributed by atoms with Gasteiger partial charge >= 0.3 is 0 Å². The molecule has 0 fully saturated rings. The molecule has 0 aromatic carbocycles. The number of nitrogens with zero attached hydrogens (tertiary/aromatic N) is 2. The van der Waals surface area contributed by atoms with Crippen molar-refractivity contribution in [3.05, 3.63) is 11.8 Å². The highest BCUT2D eigenvalue weighted by molar-refractivity contribution is 5.41. The molecule has 1 aromatic rings. The number of nitrogens with one attached hydrogen (secondary N) is 2. The third-order valence-corrected chi connectivity index (χ3v) is 2.82. The van der Waals surface area contributed by atoms with Gasteiger partial charge in [-0.3, -0.25) is 0 Å². The first kappa shape index (κ1) is 12.7. The van der Waals surface area contributed by atoms with Crippen molar-refractivity contribution in [3.8, 4) is 0 Å². The van der Waals surface area contributed by atoms with Crippen molar-refractivity contribution in [2.45, 2.75) is 27.7 Å². The van der Waals surface area contributed by atoms with Gasteiger partial charge in [-0.15, -0.1) is 0 Å². The summed E-state index contributed by atoms with van der Waals surface area (Å²) in [6.45, 7) is 9.62. The van der Waals surface area contributed by atoms with E-state index < -0.39 is 0 Å². The largest absolute Gasteiger partial charge is 0.370 e. The van der Waals surface area contributed by atoms with Crippen molar-refractivity contribution >= 4 is 11.8 Å². The second kappa shape index (κ2) is 5.68. The highest BCUT2D eigenvalue weighted by atomic mass is 15.1. The molecule has 1 unspecified atom stereocenters. The molecule has 0 bridgehead atoms. The summed E-state index contributed by atoms with van der Waals surface area (Å²) in [5.41, 5.74) is 0.971. The second-order valence-electron chi connectivity index (χ2n) is 4.57. The maximum atomic E-state index is 4.35. The third kappa shape index (κ3) is 3.68. The van der Waals surface area contributed by atoms with Gasteiger partial charge in [0.2, 0.25) is 5.95 Å². The fraction of sp³-hybridized carbons (Fsp3) is 0.667. The smallest absolute Gasteiger partial charge is 0.224 e. The normalized spacial score (nSPS) is 12.6. The number of aryl methyl sites for hydroxylation is 1. The van der Waals surface area contributed by atoms with E-state index in [2.05, 4.69) is 41.4 Å². The van der Waals surface area contributed by atoms with Crippen LogP contribution < -0.4 is 10.6 Å². The number of hydrogen-bond acceptors (Lipinski definition) is 4. The predicted molar refractivity (Wildman–Crippen MR) is 68.8 cm³/mol. The van der Waals surface area contributed by atoms with Crippen LogP contribution in [-0.2, 0) is 0 Å². The summed E-state index contributed by atoms with van der Waals surface area (Å²) in [5, 5.41) is 6.31. The summed E-state index contributed by atoms with van der Waals surface area (Å²) in [7, 11) is 1.83. The molecular weight excluding hydrogens is 200 g/mol. The van der Waals surface area contributed by atoms with E-state index in [9.17, 15) is 0 Å². The van der Waals surface area contributed by atoms with Gasteiger partial charge in [-0.1, -0.05) is 20.8 Å². The van der Waals surface area contributed by atoms with Crippen LogP contribution in [0.3, 0.4) is 0 Å². The summed E-state index contributed by atoms with van der Waals surface area (Å²) in [6, 6.07) is 1.97. The van der Waals surface area contributed by atoms with E-state index in [1.165, 1.54) is 0 Å². The Morgan fingerprint density at radius 2 is 1.94 bits per heavy atom. The molecule has 0 amide bonds. The van der Waals surface area contributed by atoms with Crippen LogP contribution in [0.15, 0.2) is 6.07 Å². The second-order valence-corrected chi connectivity index (χ2v) is 4.57. The zero-order valence-corrected chi connectivity index (χ0v) is 10.8. The van der Waals surface area contributed by atoms with Gasteiger partial charge in [-0.05, 0) is 18.8 Å². The molecule has 90 valence electrons. The number of anilines is 2. The lowest BCUT2D eigenvalue weighted by Gasteiger charge is -2.16. The van der Waals surface area contributed by atoms with Crippen molar-refractivity contribution in [2.24, 2.45) is 11.8 Å². The van der Waals surface area contributed by atoms with Crippen LogP contribution in [-0.4, -0.2) is 23.6 Å². The minimum atomic E-state index is 0.633. The molecule has 2 N–H and O–H groups in total. The fourth-order valence-corrected chi connectivity index (χ4v) is 1.27. The Morgan fingerprint density at radius 1 is 1.25 bits per heavy atom. The summed E-state index contributed by atoms with van der Waals surface area (Å²) in [6.07, 6.45) is 0. The van der Waals surface area contributed by atoms with Crippen LogP contribution in [0, 0.1) is 18.8 Å². The molecule has 4 heteroatoms. The van der Waals surface area contributed by atoms with Crippen LogP contribution in [0.5, 0.6) is 0 Å². The molecule has 0 aliphatic heterocycles. The maximum absolute atomic E-state index is 4.35. The highest BCUT2D eigenvalue weighted by Crippen LogP contribution is 2.13. The molecule has 1 heterocycles. The maximum Gasteiger partial charge on any atom is 0.224 e. The summed E-state index contributed by atoms with van der Waals surface area (Å²) in [4.78, 5) is 8.60. The third-order valence-electron chi connectivity index (χ3n) is 2.82. The minimum absolute atomic E-state index is 0.633. The average Bonchev–Trinajstić information content (AvgIpc) is 2.24. The van der Waals surface area contributed by atoms with E-state index in [0.717, 1.165) is 18.1 Å². The molecule has 0 saturated carbocycles. The summed E-state index contributed by atoms with van der Waals surface area (Å²) < 4.78 is 0.